The summed E-state index contributed by atoms with van der Waals surface area (Å²) < 4.78 is 0. The lowest BCUT2D eigenvalue weighted by Gasteiger charge is -2.36. The van der Waals surface area contributed by atoms with Crippen LogP contribution in [0.4, 0.5) is 0 Å². The maximum atomic E-state index is 11.7. The first-order chi connectivity index (χ1) is 6.52. The molecule has 76 valence electrons. The van der Waals surface area contributed by atoms with E-state index in [2.05, 4.69) is 0 Å². The van der Waals surface area contributed by atoms with Crippen LogP contribution in [0.5, 0.6) is 0 Å². The van der Waals surface area contributed by atoms with Gasteiger partial charge in [0.25, 0.3) is 0 Å². The Bertz CT molecular complexity index is 302. The Morgan fingerprint density at radius 1 is 1.57 bits per heavy atom. The summed E-state index contributed by atoms with van der Waals surface area (Å²) in [6, 6.07) is 2.03. The monoisotopic (exact) mass is 195 g/mol. The molecule has 1 aliphatic carbocycles. The second-order valence-electron chi connectivity index (χ2n) is 3.67. The molecule has 0 aromatic heterocycles. The molecule has 5 heteroatoms. The second-order valence-corrected chi connectivity index (χ2v) is 3.67. The van der Waals surface area contributed by atoms with E-state index in [-0.39, 0.29) is 12.5 Å². The average molecular weight is 195 g/mol. The van der Waals surface area contributed by atoms with Crippen molar-refractivity contribution in [1.82, 2.24) is 4.90 Å². The molecule has 0 aromatic carbocycles. The SMILES string of the molecule is CN(CC(N)=O)C(=O)C1(C#N)CCC1. The Morgan fingerprint density at radius 3 is 2.43 bits per heavy atom. The van der Waals surface area contributed by atoms with Crippen LogP contribution in [0.1, 0.15) is 19.3 Å². The summed E-state index contributed by atoms with van der Waals surface area (Å²) in [5, 5.41) is 8.88. The summed E-state index contributed by atoms with van der Waals surface area (Å²) in [5.41, 5.74) is 4.07. The molecule has 0 saturated heterocycles. The molecule has 5 nitrogen and oxygen atoms in total. The molecule has 0 radical (unpaired) electrons. The number of hydrogen-bond acceptors (Lipinski definition) is 3. The molecule has 1 aliphatic rings. The number of nitrogens with zero attached hydrogens (tertiary/aromatic N) is 2. The molecule has 0 atom stereocenters. The van der Waals surface area contributed by atoms with E-state index in [1.165, 1.54) is 11.9 Å². The molecular formula is C9H13N3O2. The van der Waals surface area contributed by atoms with Crippen LogP contribution in [0.15, 0.2) is 0 Å². The van der Waals surface area contributed by atoms with Crippen molar-refractivity contribution in [3.05, 3.63) is 0 Å². The molecule has 0 bridgehead atoms. The number of amides is 2. The highest BCUT2D eigenvalue weighted by Gasteiger charge is 2.46. The van der Waals surface area contributed by atoms with Crippen LogP contribution in [-0.4, -0.2) is 30.3 Å². The lowest BCUT2D eigenvalue weighted by molar-refractivity contribution is -0.143. The predicted octanol–water partition coefficient (Wildman–Crippen LogP) is -0.376. The standard InChI is InChI=1S/C9H13N3O2/c1-12(5-7(11)13)8(14)9(6-10)3-2-4-9/h2-5H2,1H3,(H2,11,13). The van der Waals surface area contributed by atoms with Crippen molar-refractivity contribution in [3.63, 3.8) is 0 Å². The van der Waals surface area contributed by atoms with Crippen LogP contribution in [0.3, 0.4) is 0 Å². The number of likely N-dealkylation sites (N-methyl/N-ethyl adjacent to an activating group) is 1. The van der Waals surface area contributed by atoms with Gasteiger partial charge in [-0.2, -0.15) is 5.26 Å². The molecule has 1 rings (SSSR count). The van der Waals surface area contributed by atoms with Crippen molar-refractivity contribution >= 4 is 11.8 Å². The van der Waals surface area contributed by atoms with E-state index in [0.717, 1.165) is 6.42 Å². The number of nitrogens with two attached hydrogens (primary N) is 1. The molecular weight excluding hydrogens is 182 g/mol. The lowest BCUT2D eigenvalue weighted by Crippen LogP contribution is -2.47. The van der Waals surface area contributed by atoms with Gasteiger partial charge in [0.05, 0.1) is 12.6 Å². The van der Waals surface area contributed by atoms with Gasteiger partial charge in [-0.1, -0.05) is 0 Å². The Labute approximate surface area is 82.5 Å². The minimum atomic E-state index is -0.885. The van der Waals surface area contributed by atoms with Gasteiger partial charge in [-0.3, -0.25) is 9.59 Å². The molecule has 0 aromatic rings. The average Bonchev–Trinajstić information content (AvgIpc) is 2.01. The molecule has 1 fully saturated rings. The van der Waals surface area contributed by atoms with Gasteiger partial charge in [0, 0.05) is 7.05 Å². The van der Waals surface area contributed by atoms with Gasteiger partial charge in [-0.05, 0) is 19.3 Å². The van der Waals surface area contributed by atoms with Crippen molar-refractivity contribution in [3.8, 4) is 6.07 Å². The first kappa shape index (κ1) is 10.5. The molecule has 2 amide bonds. The summed E-state index contributed by atoms with van der Waals surface area (Å²) in [5.74, 6) is -0.849. The second kappa shape index (κ2) is 3.66. The lowest BCUT2D eigenvalue weighted by atomic mass is 9.69. The Morgan fingerprint density at radius 2 is 2.14 bits per heavy atom. The van der Waals surface area contributed by atoms with Gasteiger partial charge in [-0.15, -0.1) is 0 Å². The fourth-order valence-corrected chi connectivity index (χ4v) is 1.57. The number of hydrogen-bond donors (Lipinski definition) is 1. The van der Waals surface area contributed by atoms with Crippen LogP contribution >= 0.6 is 0 Å². The van der Waals surface area contributed by atoms with Gasteiger partial charge in [0.1, 0.15) is 5.41 Å². The third kappa shape index (κ3) is 1.69. The third-order valence-electron chi connectivity index (χ3n) is 2.57. The highest BCUT2D eigenvalue weighted by atomic mass is 16.2. The fourth-order valence-electron chi connectivity index (χ4n) is 1.57. The summed E-state index contributed by atoms with van der Waals surface area (Å²) >= 11 is 0. The third-order valence-corrected chi connectivity index (χ3v) is 2.57. The maximum Gasteiger partial charge on any atom is 0.243 e. The van der Waals surface area contributed by atoms with E-state index in [4.69, 9.17) is 11.0 Å². The molecule has 0 heterocycles. The number of carbonyl (C=O) groups excluding carboxylic acids is 2. The summed E-state index contributed by atoms with van der Waals surface area (Å²) in [6.07, 6.45) is 2.07. The zero-order chi connectivity index (χ0) is 10.8. The first-order valence-electron chi connectivity index (χ1n) is 4.47. The summed E-state index contributed by atoms with van der Waals surface area (Å²) in [6.45, 7) is -0.123. The van der Waals surface area contributed by atoms with Crippen molar-refractivity contribution in [2.45, 2.75) is 19.3 Å². The Balaban J connectivity index is 2.65. The summed E-state index contributed by atoms with van der Waals surface area (Å²) in [7, 11) is 1.49. The zero-order valence-electron chi connectivity index (χ0n) is 8.12. The molecule has 0 unspecified atom stereocenters. The number of primary amides is 1. The predicted molar refractivity (Wildman–Crippen MR) is 48.7 cm³/mol. The van der Waals surface area contributed by atoms with Crippen LogP contribution in [0.2, 0.25) is 0 Å². The number of nitriles is 1. The largest absolute Gasteiger partial charge is 0.368 e. The summed E-state index contributed by atoms with van der Waals surface area (Å²) in [4.78, 5) is 23.5. The topological polar surface area (TPSA) is 87.2 Å². The molecule has 1 saturated carbocycles. The minimum Gasteiger partial charge on any atom is -0.368 e. The van der Waals surface area contributed by atoms with E-state index >= 15 is 0 Å². The van der Waals surface area contributed by atoms with Crippen molar-refractivity contribution in [1.29, 1.82) is 5.26 Å². The highest BCUT2D eigenvalue weighted by molar-refractivity contribution is 5.89. The molecule has 14 heavy (non-hydrogen) atoms. The fraction of sp³-hybridized carbons (Fsp3) is 0.667. The number of rotatable bonds is 3. The number of carbonyl (C=O) groups is 2. The van der Waals surface area contributed by atoms with Crippen LogP contribution in [0, 0.1) is 16.7 Å². The van der Waals surface area contributed by atoms with E-state index in [1.807, 2.05) is 6.07 Å². The normalized spacial score (nSPS) is 17.7. The van der Waals surface area contributed by atoms with Crippen molar-refractivity contribution < 1.29 is 9.59 Å². The minimum absolute atomic E-state index is 0.123. The van der Waals surface area contributed by atoms with Gasteiger partial charge in [-0.25, -0.2) is 0 Å². The molecule has 0 aliphatic heterocycles. The van der Waals surface area contributed by atoms with E-state index in [0.29, 0.717) is 12.8 Å². The quantitative estimate of drug-likeness (QED) is 0.666. The smallest absolute Gasteiger partial charge is 0.243 e. The van der Waals surface area contributed by atoms with Gasteiger partial charge in [0.15, 0.2) is 0 Å². The van der Waals surface area contributed by atoms with Crippen molar-refractivity contribution in [2.75, 3.05) is 13.6 Å². The van der Waals surface area contributed by atoms with Crippen LogP contribution in [0.25, 0.3) is 0 Å². The zero-order valence-corrected chi connectivity index (χ0v) is 8.12. The van der Waals surface area contributed by atoms with Crippen molar-refractivity contribution in [2.24, 2.45) is 11.1 Å². The Kier molecular flexibility index (Phi) is 2.75. The van der Waals surface area contributed by atoms with E-state index in [9.17, 15) is 9.59 Å². The van der Waals surface area contributed by atoms with Crippen LogP contribution in [-0.2, 0) is 9.59 Å². The first-order valence-corrected chi connectivity index (χ1v) is 4.47. The van der Waals surface area contributed by atoms with E-state index < -0.39 is 11.3 Å². The highest BCUT2D eigenvalue weighted by Crippen LogP contribution is 2.41. The van der Waals surface area contributed by atoms with Gasteiger partial charge < -0.3 is 10.6 Å². The van der Waals surface area contributed by atoms with E-state index in [1.54, 1.807) is 0 Å². The van der Waals surface area contributed by atoms with Gasteiger partial charge in [0.2, 0.25) is 11.8 Å². The van der Waals surface area contributed by atoms with Crippen LogP contribution < -0.4 is 5.73 Å². The van der Waals surface area contributed by atoms with Gasteiger partial charge >= 0.3 is 0 Å². The maximum absolute atomic E-state index is 11.7. The molecule has 0 spiro atoms. The Hall–Kier alpha value is -1.57. The molecule has 2 N–H and O–H groups in total.